The third-order valence-corrected chi connectivity index (χ3v) is 6.59. The SMILES string of the molecule is CC(C)(C)C12OOC1(c1cc(O)cc3c1ccc1ccccc13)OCC2(C)C. The highest BCUT2D eigenvalue weighted by Crippen LogP contribution is 2.69. The fraction of sp³-hybridized carbons (Fsp3) is 0.417. The van der Waals surface area contributed by atoms with Crippen molar-refractivity contribution in [2.24, 2.45) is 10.8 Å². The third-order valence-electron chi connectivity index (χ3n) is 6.59. The zero-order valence-corrected chi connectivity index (χ0v) is 17.0. The van der Waals surface area contributed by atoms with E-state index in [2.05, 4.69) is 58.9 Å². The van der Waals surface area contributed by atoms with E-state index in [0.717, 1.165) is 27.1 Å². The summed E-state index contributed by atoms with van der Waals surface area (Å²) >= 11 is 0. The van der Waals surface area contributed by atoms with E-state index in [1.165, 1.54) is 0 Å². The number of hydrogen-bond donors (Lipinski definition) is 1. The standard InChI is InChI=1S/C24H26O4/c1-21(2,3)24-22(4,5)14-26-23(24,27-28-24)20-13-16(25)12-19-17-9-7-6-8-15(17)10-11-18(19)20/h6-13,25H,14H2,1-5H3. The molecule has 2 fully saturated rings. The molecule has 146 valence electrons. The predicted molar refractivity (Wildman–Crippen MR) is 109 cm³/mol. The molecule has 2 heterocycles. The van der Waals surface area contributed by atoms with Gasteiger partial charge in [-0.1, -0.05) is 71.0 Å². The zero-order chi connectivity index (χ0) is 19.9. The average Bonchev–Trinajstić information content (AvgIpc) is 2.75. The Morgan fingerprint density at radius 2 is 1.64 bits per heavy atom. The molecule has 3 aromatic carbocycles. The molecule has 0 bridgehead atoms. The minimum Gasteiger partial charge on any atom is -0.508 e. The molecule has 0 radical (unpaired) electrons. The minimum atomic E-state index is -1.06. The number of rotatable bonds is 1. The summed E-state index contributed by atoms with van der Waals surface area (Å²) in [4.78, 5) is 11.8. The van der Waals surface area contributed by atoms with E-state index in [4.69, 9.17) is 14.5 Å². The molecule has 0 spiro atoms. The lowest BCUT2D eigenvalue weighted by molar-refractivity contribution is -0.626. The van der Waals surface area contributed by atoms with Crippen LogP contribution in [0.25, 0.3) is 21.5 Å². The van der Waals surface area contributed by atoms with Gasteiger partial charge in [-0.3, -0.25) is 0 Å². The summed E-state index contributed by atoms with van der Waals surface area (Å²) in [6.07, 6.45) is 0. The number of ether oxygens (including phenoxy) is 1. The Labute approximate surface area is 164 Å². The molecule has 2 aliphatic rings. The van der Waals surface area contributed by atoms with Crippen LogP contribution in [0.5, 0.6) is 5.75 Å². The third kappa shape index (κ3) is 1.91. The Morgan fingerprint density at radius 1 is 0.893 bits per heavy atom. The van der Waals surface area contributed by atoms with Crippen LogP contribution in [0, 0.1) is 10.8 Å². The second kappa shape index (κ2) is 5.26. The molecule has 5 rings (SSSR count). The monoisotopic (exact) mass is 378 g/mol. The summed E-state index contributed by atoms with van der Waals surface area (Å²) < 4.78 is 6.39. The molecule has 2 atom stereocenters. The van der Waals surface area contributed by atoms with Crippen molar-refractivity contribution in [2.75, 3.05) is 6.61 Å². The molecule has 1 N–H and O–H groups in total. The molecule has 4 heteroatoms. The molecule has 0 aliphatic carbocycles. The van der Waals surface area contributed by atoms with Gasteiger partial charge < -0.3 is 9.84 Å². The van der Waals surface area contributed by atoms with Crippen LogP contribution in [0.4, 0.5) is 0 Å². The van der Waals surface area contributed by atoms with Crippen molar-refractivity contribution in [3.05, 3.63) is 54.1 Å². The number of aromatic hydroxyl groups is 1. The van der Waals surface area contributed by atoms with E-state index in [1.807, 2.05) is 18.2 Å². The van der Waals surface area contributed by atoms with Gasteiger partial charge in [0.15, 0.2) is 5.60 Å². The Balaban J connectivity index is 1.86. The van der Waals surface area contributed by atoms with Crippen LogP contribution >= 0.6 is 0 Å². The van der Waals surface area contributed by atoms with Gasteiger partial charge in [-0.25, -0.2) is 4.89 Å². The van der Waals surface area contributed by atoms with E-state index in [0.29, 0.717) is 6.61 Å². The molecule has 2 saturated heterocycles. The first-order valence-corrected chi connectivity index (χ1v) is 9.79. The van der Waals surface area contributed by atoms with E-state index in [-0.39, 0.29) is 16.6 Å². The Hall–Kier alpha value is -2.14. The molecular formula is C24H26O4. The van der Waals surface area contributed by atoms with Crippen molar-refractivity contribution in [3.63, 3.8) is 0 Å². The Kier molecular flexibility index (Phi) is 3.37. The molecule has 0 saturated carbocycles. The van der Waals surface area contributed by atoms with Crippen LogP contribution in [0.1, 0.15) is 40.2 Å². The fourth-order valence-electron chi connectivity index (χ4n) is 5.59. The molecule has 4 nitrogen and oxygen atoms in total. The Morgan fingerprint density at radius 3 is 2.32 bits per heavy atom. The lowest BCUT2D eigenvalue weighted by Gasteiger charge is -2.61. The van der Waals surface area contributed by atoms with Crippen LogP contribution in [0.2, 0.25) is 0 Å². The highest BCUT2D eigenvalue weighted by atomic mass is 17.3. The summed E-state index contributed by atoms with van der Waals surface area (Å²) in [5, 5.41) is 14.8. The maximum Gasteiger partial charge on any atom is 0.262 e. The van der Waals surface area contributed by atoms with E-state index in [9.17, 15) is 5.11 Å². The number of fused-ring (bicyclic) bond motifs is 4. The van der Waals surface area contributed by atoms with Crippen LogP contribution < -0.4 is 0 Å². The summed E-state index contributed by atoms with van der Waals surface area (Å²) in [5.41, 5.74) is -0.378. The topological polar surface area (TPSA) is 47.9 Å². The second-order valence-corrected chi connectivity index (χ2v) is 9.76. The number of benzene rings is 3. The smallest absolute Gasteiger partial charge is 0.262 e. The lowest BCUT2D eigenvalue weighted by atomic mass is 9.57. The van der Waals surface area contributed by atoms with Gasteiger partial charge in [0.05, 0.1) is 6.61 Å². The number of phenols is 1. The summed E-state index contributed by atoms with van der Waals surface area (Å²) in [5.74, 6) is -0.867. The van der Waals surface area contributed by atoms with Gasteiger partial charge in [0.25, 0.3) is 5.79 Å². The summed E-state index contributed by atoms with van der Waals surface area (Å²) in [7, 11) is 0. The normalized spacial score (nSPS) is 29.0. The van der Waals surface area contributed by atoms with Crippen molar-refractivity contribution in [2.45, 2.75) is 46.0 Å². The highest BCUT2D eigenvalue weighted by Gasteiger charge is 2.81. The van der Waals surface area contributed by atoms with Crippen LogP contribution in [-0.2, 0) is 20.3 Å². The van der Waals surface area contributed by atoms with Crippen LogP contribution in [0.3, 0.4) is 0 Å². The second-order valence-electron chi connectivity index (χ2n) is 9.76. The van der Waals surface area contributed by atoms with Gasteiger partial charge in [0.2, 0.25) is 0 Å². The minimum absolute atomic E-state index is 0.194. The van der Waals surface area contributed by atoms with Gasteiger partial charge in [-0.2, -0.15) is 4.89 Å². The van der Waals surface area contributed by atoms with Gasteiger partial charge in [0, 0.05) is 16.4 Å². The number of hydrogen-bond acceptors (Lipinski definition) is 4. The van der Waals surface area contributed by atoms with Gasteiger partial charge in [0.1, 0.15) is 5.75 Å². The maximum absolute atomic E-state index is 10.6. The maximum atomic E-state index is 10.6. The Bertz CT molecular complexity index is 1110. The lowest BCUT2D eigenvalue weighted by Crippen LogP contribution is -2.73. The molecule has 2 aliphatic heterocycles. The molecule has 2 unspecified atom stereocenters. The predicted octanol–water partition coefficient (Wildman–Crippen LogP) is 5.65. The van der Waals surface area contributed by atoms with Crippen molar-refractivity contribution in [1.29, 1.82) is 0 Å². The van der Waals surface area contributed by atoms with Gasteiger partial charge in [-0.15, -0.1) is 0 Å². The van der Waals surface area contributed by atoms with Crippen molar-refractivity contribution >= 4 is 21.5 Å². The summed E-state index contributed by atoms with van der Waals surface area (Å²) in [6.45, 7) is 11.3. The molecule has 3 aromatic rings. The van der Waals surface area contributed by atoms with Crippen LogP contribution in [-0.4, -0.2) is 17.3 Å². The molecule has 0 amide bonds. The van der Waals surface area contributed by atoms with Crippen molar-refractivity contribution in [3.8, 4) is 5.75 Å². The largest absolute Gasteiger partial charge is 0.508 e. The van der Waals surface area contributed by atoms with Crippen LogP contribution in [0.15, 0.2) is 48.5 Å². The zero-order valence-electron chi connectivity index (χ0n) is 17.0. The average molecular weight is 378 g/mol. The van der Waals surface area contributed by atoms with E-state index in [1.54, 1.807) is 6.07 Å². The molecule has 28 heavy (non-hydrogen) atoms. The number of phenolic OH excluding ortho intramolecular Hbond substituents is 1. The van der Waals surface area contributed by atoms with Gasteiger partial charge in [-0.05, 0) is 33.7 Å². The van der Waals surface area contributed by atoms with Crippen molar-refractivity contribution in [1.82, 2.24) is 0 Å². The van der Waals surface area contributed by atoms with Gasteiger partial charge >= 0.3 is 0 Å². The molecular weight excluding hydrogens is 352 g/mol. The quantitative estimate of drug-likeness (QED) is 0.439. The molecule has 0 aromatic heterocycles. The van der Waals surface area contributed by atoms with E-state index >= 15 is 0 Å². The highest BCUT2D eigenvalue weighted by molar-refractivity contribution is 6.09. The first kappa shape index (κ1) is 17.9. The first-order valence-electron chi connectivity index (χ1n) is 9.79. The summed E-state index contributed by atoms with van der Waals surface area (Å²) in [6, 6.07) is 16.0. The van der Waals surface area contributed by atoms with Crippen molar-refractivity contribution < 1.29 is 19.6 Å². The van der Waals surface area contributed by atoms with E-state index < -0.39 is 11.4 Å². The fourth-order valence-corrected chi connectivity index (χ4v) is 5.59. The first-order chi connectivity index (χ1) is 13.1.